The number of ether oxygens (including phenoxy) is 3. The molecule has 4 heterocycles. The Morgan fingerprint density at radius 2 is 2.25 bits per heavy atom. The van der Waals surface area contributed by atoms with E-state index in [0.717, 1.165) is 6.42 Å². The Kier molecular flexibility index (Phi) is 1.22. The fraction of sp³-hybridized carbons (Fsp3) is 1.00. The number of aliphatic hydroxyl groups is 1. The van der Waals surface area contributed by atoms with Crippen molar-refractivity contribution in [2.75, 3.05) is 6.61 Å². The van der Waals surface area contributed by atoms with Gasteiger partial charge in [-0.25, -0.2) is 0 Å². The van der Waals surface area contributed by atoms with Gasteiger partial charge >= 0.3 is 0 Å². The Balaban J connectivity index is 2.00. The van der Waals surface area contributed by atoms with Crippen LogP contribution in [0.3, 0.4) is 0 Å². The summed E-state index contributed by atoms with van der Waals surface area (Å²) in [5.74, 6) is -0.512. The van der Waals surface area contributed by atoms with Crippen molar-refractivity contribution in [3.63, 3.8) is 0 Å². The first-order valence-electron chi connectivity index (χ1n) is 4.33. The van der Waals surface area contributed by atoms with Crippen molar-refractivity contribution in [2.45, 2.75) is 43.5 Å². The van der Waals surface area contributed by atoms with Crippen LogP contribution in [-0.4, -0.2) is 41.9 Å². The molecule has 1 unspecified atom stereocenters. The molecule has 4 nitrogen and oxygen atoms in total. The number of rotatable bonds is 0. The zero-order chi connectivity index (χ0) is 8.34. The summed E-state index contributed by atoms with van der Waals surface area (Å²) in [6, 6.07) is 0. The molecular weight excluding hydrogens is 160 g/mol. The van der Waals surface area contributed by atoms with Crippen LogP contribution in [0.25, 0.3) is 0 Å². The first kappa shape index (κ1) is 7.26. The van der Waals surface area contributed by atoms with E-state index in [-0.39, 0.29) is 18.3 Å². The van der Waals surface area contributed by atoms with E-state index in [9.17, 15) is 5.11 Å². The summed E-state index contributed by atoms with van der Waals surface area (Å²) in [7, 11) is 0. The fourth-order valence-corrected chi connectivity index (χ4v) is 2.31. The Hall–Kier alpha value is -0.160. The first-order chi connectivity index (χ1) is 5.68. The molecule has 0 amide bonds. The number of hydrogen-bond donors (Lipinski definition) is 1. The third-order valence-electron chi connectivity index (χ3n) is 2.94. The predicted octanol–water partition coefficient (Wildman–Crippen LogP) is -0.350. The minimum absolute atomic E-state index is 0.0394. The molecule has 4 bridgehead atoms. The van der Waals surface area contributed by atoms with Gasteiger partial charge in [0.15, 0.2) is 5.79 Å². The van der Waals surface area contributed by atoms with Crippen molar-refractivity contribution in [3.8, 4) is 0 Å². The third-order valence-corrected chi connectivity index (χ3v) is 2.94. The smallest absolute Gasteiger partial charge is 0.168 e. The average molecular weight is 172 g/mol. The highest BCUT2D eigenvalue weighted by Gasteiger charge is 2.58. The summed E-state index contributed by atoms with van der Waals surface area (Å²) in [5.41, 5.74) is 0. The minimum atomic E-state index is -0.512. The number of aliphatic hydroxyl groups excluding tert-OH is 1. The van der Waals surface area contributed by atoms with Crippen LogP contribution in [0.5, 0.6) is 0 Å². The highest BCUT2D eigenvalue weighted by atomic mass is 16.7. The van der Waals surface area contributed by atoms with E-state index in [1.54, 1.807) is 0 Å². The zero-order valence-electron chi connectivity index (χ0n) is 6.90. The molecule has 4 rings (SSSR count). The first-order valence-corrected chi connectivity index (χ1v) is 4.33. The summed E-state index contributed by atoms with van der Waals surface area (Å²) < 4.78 is 16.6. The van der Waals surface area contributed by atoms with Crippen LogP contribution >= 0.6 is 0 Å². The monoisotopic (exact) mass is 172 g/mol. The van der Waals surface area contributed by atoms with Crippen molar-refractivity contribution in [1.82, 2.24) is 0 Å². The average Bonchev–Trinajstić information content (AvgIpc) is 2.32. The lowest BCUT2D eigenvalue weighted by atomic mass is 10.1. The van der Waals surface area contributed by atoms with Gasteiger partial charge in [0.05, 0.1) is 12.7 Å². The molecule has 4 fully saturated rings. The Labute approximate surface area is 70.4 Å². The lowest BCUT2D eigenvalue weighted by Crippen LogP contribution is -2.31. The molecule has 4 aliphatic heterocycles. The number of hydrogen-bond acceptors (Lipinski definition) is 4. The quantitative estimate of drug-likeness (QED) is 0.542. The van der Waals surface area contributed by atoms with Gasteiger partial charge in [0.2, 0.25) is 0 Å². The molecule has 0 radical (unpaired) electrons. The maximum absolute atomic E-state index is 9.67. The second kappa shape index (κ2) is 2.01. The molecule has 0 saturated carbocycles. The fourth-order valence-electron chi connectivity index (χ4n) is 2.31. The van der Waals surface area contributed by atoms with E-state index in [0.29, 0.717) is 6.61 Å². The Morgan fingerprint density at radius 1 is 1.42 bits per heavy atom. The molecule has 0 spiro atoms. The van der Waals surface area contributed by atoms with Crippen LogP contribution in [0, 0.1) is 0 Å². The summed E-state index contributed by atoms with van der Waals surface area (Å²) >= 11 is 0. The van der Waals surface area contributed by atoms with Crippen molar-refractivity contribution in [3.05, 3.63) is 0 Å². The molecule has 4 aliphatic rings. The van der Waals surface area contributed by atoms with Gasteiger partial charge in [-0.2, -0.15) is 0 Å². The standard InChI is InChI=1S/C8H12O4/c1-8-2-4-7(12-8)6(9)5(11-4)3-10-8/h4-7,9H,2-3H2,1H3/t4-,5+,6+,7+,8?/m0/s1. The molecule has 0 aromatic carbocycles. The van der Waals surface area contributed by atoms with Crippen LogP contribution in [0.1, 0.15) is 13.3 Å². The van der Waals surface area contributed by atoms with Crippen LogP contribution in [0.15, 0.2) is 0 Å². The van der Waals surface area contributed by atoms with Crippen molar-refractivity contribution >= 4 is 0 Å². The normalized spacial score (nSPS) is 62.5. The van der Waals surface area contributed by atoms with Gasteiger partial charge in [0, 0.05) is 6.42 Å². The SMILES string of the molecule is CC12C[C@@H]3O[C@H](CO1)[C@@H](O)[C@@H]3O2. The summed E-state index contributed by atoms with van der Waals surface area (Å²) in [4.78, 5) is 0. The molecule has 0 aromatic rings. The van der Waals surface area contributed by atoms with Gasteiger partial charge in [-0.1, -0.05) is 0 Å². The summed E-state index contributed by atoms with van der Waals surface area (Å²) in [6.07, 6.45) is -0.0609. The molecular formula is C8H12O4. The van der Waals surface area contributed by atoms with E-state index in [1.807, 2.05) is 6.92 Å². The van der Waals surface area contributed by atoms with Gasteiger partial charge in [-0.3, -0.25) is 0 Å². The molecule has 4 saturated heterocycles. The lowest BCUT2D eigenvalue weighted by Gasteiger charge is -2.21. The van der Waals surface area contributed by atoms with Crippen LogP contribution < -0.4 is 0 Å². The molecule has 5 atom stereocenters. The predicted molar refractivity (Wildman–Crippen MR) is 38.5 cm³/mol. The van der Waals surface area contributed by atoms with Gasteiger partial charge in [-0.05, 0) is 6.92 Å². The second-order valence-corrected chi connectivity index (χ2v) is 3.93. The van der Waals surface area contributed by atoms with Crippen LogP contribution in [-0.2, 0) is 14.2 Å². The van der Waals surface area contributed by atoms with Gasteiger partial charge in [0.1, 0.15) is 18.3 Å². The van der Waals surface area contributed by atoms with Crippen molar-refractivity contribution in [1.29, 1.82) is 0 Å². The highest BCUT2D eigenvalue weighted by Crippen LogP contribution is 2.43. The van der Waals surface area contributed by atoms with E-state index in [4.69, 9.17) is 14.2 Å². The van der Waals surface area contributed by atoms with Gasteiger partial charge < -0.3 is 19.3 Å². The van der Waals surface area contributed by atoms with E-state index in [1.165, 1.54) is 0 Å². The Bertz CT molecular complexity index is 219. The van der Waals surface area contributed by atoms with Crippen molar-refractivity contribution in [2.24, 2.45) is 0 Å². The molecule has 12 heavy (non-hydrogen) atoms. The second-order valence-electron chi connectivity index (χ2n) is 3.93. The summed E-state index contributed by atoms with van der Waals surface area (Å²) in [5, 5.41) is 9.67. The zero-order valence-corrected chi connectivity index (χ0v) is 6.90. The summed E-state index contributed by atoms with van der Waals surface area (Å²) in [6.45, 7) is 2.36. The van der Waals surface area contributed by atoms with Crippen LogP contribution in [0.4, 0.5) is 0 Å². The number of fused-ring (bicyclic) bond motifs is 1. The topological polar surface area (TPSA) is 47.9 Å². The molecule has 0 aromatic heterocycles. The maximum atomic E-state index is 9.67. The highest BCUT2D eigenvalue weighted by molar-refractivity contribution is 5.01. The van der Waals surface area contributed by atoms with E-state index < -0.39 is 11.9 Å². The van der Waals surface area contributed by atoms with E-state index in [2.05, 4.69) is 0 Å². The minimum Gasteiger partial charge on any atom is -0.387 e. The van der Waals surface area contributed by atoms with Crippen LogP contribution in [0.2, 0.25) is 0 Å². The molecule has 68 valence electrons. The maximum Gasteiger partial charge on any atom is 0.168 e. The van der Waals surface area contributed by atoms with E-state index >= 15 is 0 Å². The largest absolute Gasteiger partial charge is 0.387 e. The lowest BCUT2D eigenvalue weighted by molar-refractivity contribution is -0.210. The molecule has 4 heteroatoms. The third kappa shape index (κ3) is 0.758. The van der Waals surface area contributed by atoms with Gasteiger partial charge in [-0.15, -0.1) is 0 Å². The molecule has 0 aliphatic carbocycles. The van der Waals surface area contributed by atoms with Gasteiger partial charge in [0.25, 0.3) is 0 Å². The van der Waals surface area contributed by atoms with Crippen molar-refractivity contribution < 1.29 is 19.3 Å². The Morgan fingerprint density at radius 3 is 3.00 bits per heavy atom. The molecule has 1 N–H and O–H groups in total.